The number of nitrogens with one attached hydrogen (secondary N) is 1. The van der Waals surface area contributed by atoms with Gasteiger partial charge in [-0.3, -0.25) is 0 Å². The molecule has 3 aromatic rings. The lowest BCUT2D eigenvalue weighted by atomic mass is 9.90. The van der Waals surface area contributed by atoms with Crippen molar-refractivity contribution < 1.29 is 17.9 Å². The normalized spacial score (nSPS) is 11.7. The van der Waals surface area contributed by atoms with Crippen molar-refractivity contribution in [3.8, 4) is 5.75 Å². The Hall–Kier alpha value is -2.06. The predicted octanol–water partition coefficient (Wildman–Crippen LogP) is 7.38. The van der Waals surface area contributed by atoms with E-state index in [0.717, 1.165) is 34.0 Å². The van der Waals surface area contributed by atoms with Crippen molar-refractivity contribution in [1.29, 1.82) is 0 Å². The summed E-state index contributed by atoms with van der Waals surface area (Å²) in [6.07, 6.45) is -3.68. The van der Waals surface area contributed by atoms with Gasteiger partial charge in [-0.2, -0.15) is 13.2 Å². The van der Waals surface area contributed by atoms with Gasteiger partial charge >= 0.3 is 6.18 Å². The highest BCUT2D eigenvalue weighted by Gasteiger charge is 2.30. The Balaban J connectivity index is 0.00000320. The highest BCUT2D eigenvalue weighted by Crippen LogP contribution is 2.36. The molecule has 0 bridgehead atoms. The Labute approximate surface area is 189 Å². The number of nitrogens with zero attached hydrogens (tertiary/aromatic N) is 1. The minimum atomic E-state index is -4.35. The summed E-state index contributed by atoms with van der Waals surface area (Å²) in [7, 11) is 1.65. The lowest BCUT2D eigenvalue weighted by molar-refractivity contribution is -0.137. The number of ether oxygens (including phenoxy) is 1. The van der Waals surface area contributed by atoms with Gasteiger partial charge in [0.05, 0.1) is 18.4 Å². The zero-order valence-electron chi connectivity index (χ0n) is 17.1. The maximum absolute atomic E-state index is 12.8. The van der Waals surface area contributed by atoms with Crippen molar-refractivity contribution in [2.75, 3.05) is 12.4 Å². The lowest BCUT2D eigenvalue weighted by Gasteiger charge is -2.18. The second kappa shape index (κ2) is 9.39. The fraction of sp³-hybridized carbons (Fsp3) is 0.318. The van der Waals surface area contributed by atoms with E-state index < -0.39 is 11.7 Å². The van der Waals surface area contributed by atoms with Gasteiger partial charge in [-0.15, -0.1) is 28.3 Å². The summed E-state index contributed by atoms with van der Waals surface area (Å²) >= 11 is 1.50. The van der Waals surface area contributed by atoms with Crippen molar-refractivity contribution >= 4 is 39.1 Å². The average molecular weight is 501 g/mol. The van der Waals surface area contributed by atoms with Crippen LogP contribution in [0.15, 0.2) is 48.5 Å². The molecule has 2 aromatic carbocycles. The number of benzene rings is 2. The maximum atomic E-state index is 12.8. The van der Waals surface area contributed by atoms with Gasteiger partial charge < -0.3 is 10.1 Å². The van der Waals surface area contributed by atoms with Crippen LogP contribution in [0.5, 0.6) is 5.75 Å². The number of alkyl halides is 3. The van der Waals surface area contributed by atoms with Crippen LogP contribution in [-0.2, 0) is 18.0 Å². The minimum Gasteiger partial charge on any atom is -0.496 e. The molecule has 1 N–H and O–H groups in total. The first-order valence-electron chi connectivity index (χ1n) is 9.14. The molecule has 162 valence electrons. The van der Waals surface area contributed by atoms with Crippen LogP contribution >= 0.6 is 28.3 Å². The van der Waals surface area contributed by atoms with Gasteiger partial charge in [0.2, 0.25) is 0 Å². The van der Waals surface area contributed by atoms with Gasteiger partial charge in [0, 0.05) is 22.4 Å². The maximum Gasteiger partial charge on any atom is 0.416 e. The highest BCUT2D eigenvalue weighted by atomic mass is 79.9. The zero-order chi connectivity index (χ0) is 21.2. The molecule has 0 unspecified atom stereocenters. The smallest absolute Gasteiger partial charge is 0.416 e. The highest BCUT2D eigenvalue weighted by molar-refractivity contribution is 8.93. The van der Waals surface area contributed by atoms with Crippen LogP contribution in [0.4, 0.5) is 24.0 Å². The second-order valence-corrected chi connectivity index (χ2v) is 8.81. The van der Waals surface area contributed by atoms with Crippen molar-refractivity contribution in [2.24, 2.45) is 0 Å². The third kappa shape index (κ3) is 5.76. The Morgan fingerprint density at radius 1 is 1.00 bits per heavy atom. The number of hydrogen-bond acceptors (Lipinski definition) is 4. The summed E-state index contributed by atoms with van der Waals surface area (Å²) in [5, 5.41) is 3.79. The van der Waals surface area contributed by atoms with E-state index in [9.17, 15) is 13.2 Å². The molecule has 0 aliphatic carbocycles. The Morgan fingerprint density at radius 2 is 1.63 bits per heavy atom. The molecule has 0 aliphatic rings. The Morgan fingerprint density at radius 3 is 2.20 bits per heavy atom. The molecule has 0 radical (unpaired) electrons. The summed E-state index contributed by atoms with van der Waals surface area (Å²) in [5.41, 5.74) is 1.74. The lowest BCUT2D eigenvalue weighted by Crippen LogP contribution is -2.14. The summed E-state index contributed by atoms with van der Waals surface area (Å²) in [6, 6.07) is 12.8. The van der Waals surface area contributed by atoms with Crippen LogP contribution in [0.1, 0.15) is 42.5 Å². The van der Waals surface area contributed by atoms with E-state index in [4.69, 9.17) is 9.72 Å². The van der Waals surface area contributed by atoms with Gasteiger partial charge in [-0.05, 0) is 35.9 Å². The van der Waals surface area contributed by atoms with E-state index in [1.54, 1.807) is 7.11 Å². The molecule has 0 spiro atoms. The molecule has 0 aliphatic heterocycles. The van der Waals surface area contributed by atoms with Crippen molar-refractivity contribution in [3.05, 3.63) is 70.2 Å². The summed E-state index contributed by atoms with van der Waals surface area (Å²) < 4.78 is 43.7. The van der Waals surface area contributed by atoms with Crippen molar-refractivity contribution in [2.45, 2.75) is 38.8 Å². The Kier molecular flexibility index (Phi) is 7.58. The van der Waals surface area contributed by atoms with Gasteiger partial charge in [0.15, 0.2) is 5.13 Å². The van der Waals surface area contributed by atoms with Crippen LogP contribution in [-0.4, -0.2) is 12.1 Å². The zero-order valence-corrected chi connectivity index (χ0v) is 19.7. The monoisotopic (exact) mass is 500 g/mol. The first-order chi connectivity index (χ1) is 13.6. The molecule has 0 saturated heterocycles. The predicted molar refractivity (Wildman–Crippen MR) is 122 cm³/mol. The average Bonchev–Trinajstić information content (AvgIpc) is 3.04. The topological polar surface area (TPSA) is 34.1 Å². The number of para-hydroxylation sites is 1. The van der Waals surface area contributed by atoms with E-state index in [-0.39, 0.29) is 22.4 Å². The molecule has 1 aromatic heterocycles. The number of anilines is 2. The standard InChI is InChI=1S/C22H23F3N2OS.BrH/c1-21(2,3)19-18(13-14-7-5-6-8-17(14)28-4)29-20(27-19)26-16-11-9-15(10-12-16)22(23,24)25;/h5-12H,13H2,1-4H3,(H,26,27);1H. The van der Waals surface area contributed by atoms with Crippen LogP contribution in [0.25, 0.3) is 0 Å². The summed E-state index contributed by atoms with van der Waals surface area (Å²) in [6.45, 7) is 6.28. The number of aromatic nitrogens is 1. The largest absolute Gasteiger partial charge is 0.496 e. The third-order valence-corrected chi connectivity index (χ3v) is 5.39. The molecular weight excluding hydrogens is 477 g/mol. The Bertz CT molecular complexity index is 979. The molecular formula is C22H24BrF3N2OS. The van der Waals surface area contributed by atoms with E-state index in [1.165, 1.54) is 23.5 Å². The van der Waals surface area contributed by atoms with E-state index in [1.807, 2.05) is 24.3 Å². The molecule has 0 atom stereocenters. The number of halogens is 4. The van der Waals surface area contributed by atoms with E-state index in [2.05, 4.69) is 26.1 Å². The quantitative estimate of drug-likeness (QED) is 0.396. The SMILES string of the molecule is Br.COc1ccccc1Cc1sc(Nc2ccc(C(F)(F)F)cc2)nc1C(C)(C)C. The van der Waals surface area contributed by atoms with E-state index >= 15 is 0 Å². The number of hydrogen-bond donors (Lipinski definition) is 1. The molecule has 3 nitrogen and oxygen atoms in total. The van der Waals surface area contributed by atoms with Crippen LogP contribution in [0, 0.1) is 0 Å². The van der Waals surface area contributed by atoms with Crippen LogP contribution in [0.3, 0.4) is 0 Å². The summed E-state index contributed by atoms with van der Waals surface area (Å²) in [4.78, 5) is 5.84. The van der Waals surface area contributed by atoms with Crippen molar-refractivity contribution in [1.82, 2.24) is 4.98 Å². The molecule has 0 amide bonds. The molecule has 0 fully saturated rings. The third-order valence-electron chi connectivity index (χ3n) is 4.41. The van der Waals surface area contributed by atoms with Gasteiger partial charge in [0.25, 0.3) is 0 Å². The molecule has 1 heterocycles. The number of methoxy groups -OCH3 is 1. The number of thiazole rings is 1. The fourth-order valence-corrected chi connectivity index (χ4v) is 4.21. The van der Waals surface area contributed by atoms with Crippen LogP contribution < -0.4 is 10.1 Å². The second-order valence-electron chi connectivity index (χ2n) is 7.73. The minimum absolute atomic E-state index is 0. The molecule has 30 heavy (non-hydrogen) atoms. The first kappa shape index (κ1) is 24.2. The molecule has 8 heteroatoms. The van der Waals surface area contributed by atoms with Crippen molar-refractivity contribution in [3.63, 3.8) is 0 Å². The van der Waals surface area contributed by atoms with Crippen LogP contribution in [0.2, 0.25) is 0 Å². The first-order valence-corrected chi connectivity index (χ1v) is 9.96. The van der Waals surface area contributed by atoms with E-state index in [0.29, 0.717) is 17.2 Å². The van der Waals surface area contributed by atoms with Gasteiger partial charge in [-0.1, -0.05) is 39.0 Å². The summed E-state index contributed by atoms with van der Waals surface area (Å²) in [5.74, 6) is 0.818. The van der Waals surface area contributed by atoms with Gasteiger partial charge in [-0.25, -0.2) is 4.98 Å². The number of rotatable bonds is 5. The molecule has 0 saturated carbocycles. The van der Waals surface area contributed by atoms with Gasteiger partial charge in [0.1, 0.15) is 5.75 Å². The molecule has 3 rings (SSSR count). The fourth-order valence-electron chi connectivity index (χ4n) is 3.00.